The van der Waals surface area contributed by atoms with Crippen molar-refractivity contribution in [1.29, 1.82) is 0 Å². The van der Waals surface area contributed by atoms with Gasteiger partial charge in [0.05, 0.1) is 11.4 Å². The van der Waals surface area contributed by atoms with Crippen LogP contribution in [0.15, 0.2) is 35.7 Å². The normalized spacial score (nSPS) is 25.7. The maximum Gasteiger partial charge on any atom is 0.233 e. The molecule has 1 heterocycles. The zero-order chi connectivity index (χ0) is 15.8. The highest BCUT2D eigenvalue weighted by Gasteiger charge is 2.41. The van der Waals surface area contributed by atoms with Crippen molar-refractivity contribution >= 4 is 28.1 Å². The van der Waals surface area contributed by atoms with Crippen molar-refractivity contribution < 1.29 is 4.79 Å². The molecule has 4 heteroatoms. The number of hydrogen-bond acceptors (Lipinski definition) is 3. The molecule has 0 N–H and O–H groups in total. The zero-order valence-electron chi connectivity index (χ0n) is 13.4. The van der Waals surface area contributed by atoms with E-state index < -0.39 is 0 Å². The van der Waals surface area contributed by atoms with Crippen molar-refractivity contribution in [1.82, 2.24) is 4.98 Å². The summed E-state index contributed by atoms with van der Waals surface area (Å²) in [6, 6.07) is 9.93. The summed E-state index contributed by atoms with van der Waals surface area (Å²) in [5, 5.41) is 2.80. The molecule has 0 spiro atoms. The summed E-state index contributed by atoms with van der Waals surface area (Å²) >= 11 is 1.55. The lowest BCUT2D eigenvalue weighted by atomic mass is 9.86. The van der Waals surface area contributed by atoms with Crippen molar-refractivity contribution in [3.63, 3.8) is 0 Å². The lowest BCUT2D eigenvalue weighted by Crippen LogP contribution is -2.29. The minimum atomic E-state index is 0.197. The number of amides is 1. The summed E-state index contributed by atoms with van der Waals surface area (Å²) in [6.45, 7) is 1.98. The van der Waals surface area contributed by atoms with Crippen molar-refractivity contribution in [3.05, 3.63) is 41.4 Å². The van der Waals surface area contributed by atoms with E-state index >= 15 is 0 Å². The Bertz CT molecular complexity index is 696. The smallest absolute Gasteiger partial charge is 0.233 e. The van der Waals surface area contributed by atoms with Gasteiger partial charge in [-0.15, -0.1) is 11.3 Å². The first-order valence-corrected chi connectivity index (χ1v) is 9.39. The minimum absolute atomic E-state index is 0.197. The maximum absolute atomic E-state index is 13.1. The van der Waals surface area contributed by atoms with Gasteiger partial charge in [0.1, 0.15) is 0 Å². The van der Waals surface area contributed by atoms with Crippen molar-refractivity contribution in [3.8, 4) is 0 Å². The van der Waals surface area contributed by atoms with Gasteiger partial charge in [-0.1, -0.05) is 24.6 Å². The largest absolute Gasteiger partial charge is 0.274 e. The number of benzene rings is 1. The number of hydrogen-bond donors (Lipinski definition) is 0. The zero-order valence-corrected chi connectivity index (χ0v) is 14.3. The van der Waals surface area contributed by atoms with E-state index in [4.69, 9.17) is 0 Å². The highest BCUT2D eigenvalue weighted by molar-refractivity contribution is 7.14. The molecule has 3 nitrogen and oxygen atoms in total. The fourth-order valence-corrected chi connectivity index (χ4v) is 5.16. The SMILES string of the molecule is Cc1csc(N(C(=O)C[C@@H]2C[C@H]3CC[C@H]2C3)c2ccccc2)n1. The number of carbonyl (C=O) groups excluding carboxylic acids is 1. The molecule has 2 bridgehead atoms. The third-order valence-corrected chi connectivity index (χ3v) is 6.33. The van der Waals surface area contributed by atoms with Crippen LogP contribution < -0.4 is 4.90 Å². The van der Waals surface area contributed by atoms with Gasteiger partial charge in [0.15, 0.2) is 5.13 Å². The molecular formula is C19H22N2OS. The van der Waals surface area contributed by atoms with E-state index in [-0.39, 0.29) is 5.91 Å². The lowest BCUT2D eigenvalue weighted by Gasteiger charge is -2.25. The summed E-state index contributed by atoms with van der Waals surface area (Å²) < 4.78 is 0. The van der Waals surface area contributed by atoms with E-state index in [0.717, 1.165) is 28.3 Å². The molecule has 0 saturated heterocycles. The second-order valence-electron chi connectivity index (χ2n) is 6.98. The third-order valence-electron chi connectivity index (χ3n) is 5.38. The van der Waals surface area contributed by atoms with Crippen LogP contribution in [0.25, 0.3) is 0 Å². The molecule has 0 radical (unpaired) electrons. The van der Waals surface area contributed by atoms with Gasteiger partial charge in [0, 0.05) is 11.8 Å². The topological polar surface area (TPSA) is 33.2 Å². The molecule has 2 aliphatic carbocycles. The number of aromatic nitrogens is 1. The molecule has 120 valence electrons. The molecule has 2 fully saturated rings. The lowest BCUT2D eigenvalue weighted by molar-refractivity contribution is -0.119. The molecule has 0 aliphatic heterocycles. The van der Waals surface area contributed by atoms with Gasteiger partial charge in [0.25, 0.3) is 0 Å². The van der Waals surface area contributed by atoms with Crippen LogP contribution in [-0.4, -0.2) is 10.9 Å². The first-order chi connectivity index (χ1) is 11.2. The Morgan fingerprint density at radius 1 is 1.26 bits per heavy atom. The standard InChI is InChI=1S/C19H22N2OS/c1-13-12-23-19(20-13)21(17-5-3-2-4-6-17)18(22)11-16-10-14-7-8-15(16)9-14/h2-6,12,14-16H,7-11H2,1H3/t14-,15-,16-/m0/s1. The quantitative estimate of drug-likeness (QED) is 0.797. The second-order valence-corrected chi connectivity index (χ2v) is 7.81. The van der Waals surface area contributed by atoms with Gasteiger partial charge in [-0.2, -0.15) is 0 Å². The minimum Gasteiger partial charge on any atom is -0.274 e. The van der Waals surface area contributed by atoms with Crippen LogP contribution in [0.5, 0.6) is 0 Å². The number of rotatable bonds is 4. The van der Waals surface area contributed by atoms with Crippen LogP contribution in [-0.2, 0) is 4.79 Å². The third kappa shape index (κ3) is 2.92. The summed E-state index contributed by atoms with van der Waals surface area (Å²) in [5.41, 5.74) is 1.90. The Balaban J connectivity index is 1.58. The van der Waals surface area contributed by atoms with E-state index in [1.54, 1.807) is 11.3 Å². The first kappa shape index (κ1) is 14.9. The highest BCUT2D eigenvalue weighted by Crippen LogP contribution is 2.50. The molecule has 2 aromatic rings. The summed E-state index contributed by atoms with van der Waals surface area (Å²) in [4.78, 5) is 19.5. The van der Waals surface area contributed by atoms with Crippen molar-refractivity contribution in [2.24, 2.45) is 17.8 Å². The molecule has 1 amide bonds. The van der Waals surface area contributed by atoms with Gasteiger partial charge in [-0.3, -0.25) is 9.69 Å². The average molecular weight is 326 g/mol. The summed E-state index contributed by atoms with van der Waals surface area (Å²) in [5.74, 6) is 2.43. The van der Waals surface area contributed by atoms with E-state index in [1.165, 1.54) is 25.7 Å². The van der Waals surface area contributed by atoms with Gasteiger partial charge < -0.3 is 0 Å². The number of para-hydroxylation sites is 1. The number of carbonyl (C=O) groups is 1. The predicted octanol–water partition coefficient (Wildman–Crippen LogP) is 4.94. The molecule has 2 saturated carbocycles. The number of anilines is 2. The molecule has 3 atom stereocenters. The Morgan fingerprint density at radius 2 is 2.09 bits per heavy atom. The van der Waals surface area contributed by atoms with Crippen LogP contribution in [0.2, 0.25) is 0 Å². The van der Waals surface area contributed by atoms with Gasteiger partial charge in [-0.05, 0) is 56.1 Å². The van der Waals surface area contributed by atoms with Gasteiger partial charge in [0.2, 0.25) is 5.91 Å². The summed E-state index contributed by atoms with van der Waals surface area (Å²) in [7, 11) is 0. The number of nitrogens with zero attached hydrogens (tertiary/aromatic N) is 2. The van der Waals surface area contributed by atoms with Crippen LogP contribution >= 0.6 is 11.3 Å². The molecular weight excluding hydrogens is 304 g/mol. The van der Waals surface area contributed by atoms with Crippen LogP contribution in [0.1, 0.15) is 37.8 Å². The van der Waals surface area contributed by atoms with E-state index in [1.807, 2.05) is 47.5 Å². The van der Waals surface area contributed by atoms with Gasteiger partial charge in [-0.25, -0.2) is 4.98 Å². The van der Waals surface area contributed by atoms with Crippen molar-refractivity contribution in [2.75, 3.05) is 4.90 Å². The molecule has 2 aliphatic rings. The second kappa shape index (κ2) is 6.08. The monoisotopic (exact) mass is 326 g/mol. The Labute approximate surface area is 141 Å². The van der Waals surface area contributed by atoms with E-state index in [0.29, 0.717) is 12.3 Å². The highest BCUT2D eigenvalue weighted by atomic mass is 32.1. The van der Waals surface area contributed by atoms with E-state index in [9.17, 15) is 4.79 Å². The first-order valence-electron chi connectivity index (χ1n) is 8.51. The maximum atomic E-state index is 13.1. The molecule has 0 unspecified atom stereocenters. The Morgan fingerprint density at radius 3 is 2.70 bits per heavy atom. The van der Waals surface area contributed by atoms with Crippen LogP contribution in [0.4, 0.5) is 10.8 Å². The molecule has 1 aromatic carbocycles. The fourth-order valence-electron chi connectivity index (χ4n) is 4.32. The Hall–Kier alpha value is -1.68. The fraction of sp³-hybridized carbons (Fsp3) is 0.474. The Kier molecular flexibility index (Phi) is 3.93. The van der Waals surface area contributed by atoms with E-state index in [2.05, 4.69) is 4.98 Å². The van der Waals surface area contributed by atoms with Crippen molar-refractivity contribution in [2.45, 2.75) is 39.0 Å². The molecule has 1 aromatic heterocycles. The average Bonchev–Trinajstić information content (AvgIpc) is 3.26. The molecule has 23 heavy (non-hydrogen) atoms. The van der Waals surface area contributed by atoms with Crippen LogP contribution in [0, 0.1) is 24.7 Å². The number of thiazole rings is 1. The predicted molar refractivity (Wildman–Crippen MR) is 94.0 cm³/mol. The molecule has 4 rings (SSSR count). The number of fused-ring (bicyclic) bond motifs is 2. The summed E-state index contributed by atoms with van der Waals surface area (Å²) in [6.07, 6.45) is 5.96. The number of aryl methyl sites for hydroxylation is 1. The van der Waals surface area contributed by atoms with Crippen LogP contribution in [0.3, 0.4) is 0 Å². The van der Waals surface area contributed by atoms with Gasteiger partial charge >= 0.3 is 0 Å².